The number of benzene rings is 1. The van der Waals surface area contributed by atoms with Gasteiger partial charge in [-0.25, -0.2) is 0 Å². The zero-order valence-electron chi connectivity index (χ0n) is 12.5. The van der Waals surface area contributed by atoms with Gasteiger partial charge in [0.25, 0.3) is 0 Å². The third kappa shape index (κ3) is 7.11. The fraction of sp³-hybridized carbons (Fsp3) is 0.467. The van der Waals surface area contributed by atoms with Crippen LogP contribution in [0.4, 0.5) is 5.69 Å². The summed E-state index contributed by atoms with van der Waals surface area (Å²) in [6.07, 6.45) is 1.35. The van der Waals surface area contributed by atoms with Crippen LogP contribution in [0.5, 0.6) is 0 Å². The summed E-state index contributed by atoms with van der Waals surface area (Å²) in [6.45, 7) is 4.57. The van der Waals surface area contributed by atoms with E-state index in [0.717, 1.165) is 17.7 Å². The van der Waals surface area contributed by atoms with E-state index in [1.165, 1.54) is 0 Å². The van der Waals surface area contributed by atoms with Gasteiger partial charge in [0, 0.05) is 31.1 Å². The molecule has 1 aromatic carbocycles. The van der Waals surface area contributed by atoms with Gasteiger partial charge < -0.3 is 16.4 Å². The van der Waals surface area contributed by atoms with Crippen LogP contribution in [0.15, 0.2) is 24.3 Å². The smallest absolute Gasteiger partial charge is 0.224 e. The number of carbonyl (C=O) groups is 2. The summed E-state index contributed by atoms with van der Waals surface area (Å²) >= 11 is 0. The minimum absolute atomic E-state index is 0. The first-order valence-corrected chi connectivity index (χ1v) is 6.93. The lowest BCUT2D eigenvalue weighted by atomic mass is 10.1. The molecule has 1 unspecified atom stereocenters. The highest BCUT2D eigenvalue weighted by Gasteiger charge is 2.09. The first kappa shape index (κ1) is 19.4. The van der Waals surface area contributed by atoms with E-state index in [2.05, 4.69) is 10.6 Å². The highest BCUT2D eigenvalue weighted by atomic mass is 35.5. The van der Waals surface area contributed by atoms with Crippen molar-refractivity contribution < 1.29 is 9.59 Å². The quantitative estimate of drug-likeness (QED) is 0.720. The molecule has 0 fully saturated rings. The van der Waals surface area contributed by atoms with Gasteiger partial charge in [-0.15, -0.1) is 12.4 Å². The number of halogens is 1. The van der Waals surface area contributed by atoms with Crippen molar-refractivity contribution in [3.8, 4) is 0 Å². The molecule has 0 bridgehead atoms. The molecule has 2 amide bonds. The Balaban J connectivity index is 0.00000400. The molecule has 1 atom stereocenters. The molecule has 0 aromatic heterocycles. The van der Waals surface area contributed by atoms with Crippen molar-refractivity contribution >= 4 is 29.9 Å². The van der Waals surface area contributed by atoms with Crippen molar-refractivity contribution in [1.82, 2.24) is 5.32 Å². The lowest BCUT2D eigenvalue weighted by molar-refractivity contribution is -0.124. The van der Waals surface area contributed by atoms with Gasteiger partial charge in [-0.1, -0.05) is 26.0 Å². The van der Waals surface area contributed by atoms with E-state index in [1.807, 2.05) is 31.2 Å². The van der Waals surface area contributed by atoms with Gasteiger partial charge >= 0.3 is 0 Å². The van der Waals surface area contributed by atoms with Crippen molar-refractivity contribution in [3.63, 3.8) is 0 Å². The van der Waals surface area contributed by atoms with Crippen LogP contribution in [0.2, 0.25) is 0 Å². The summed E-state index contributed by atoms with van der Waals surface area (Å²) in [5.74, 6) is -0.208. The van der Waals surface area contributed by atoms with Gasteiger partial charge in [0.15, 0.2) is 0 Å². The SMILES string of the molecule is CCCC(=O)Nc1ccc(CNC(=O)C(C)CN)cc1.Cl. The first-order valence-electron chi connectivity index (χ1n) is 6.93. The molecule has 0 radical (unpaired) electrons. The summed E-state index contributed by atoms with van der Waals surface area (Å²) in [6, 6.07) is 7.44. The Hall–Kier alpha value is -1.59. The third-order valence-electron chi connectivity index (χ3n) is 2.98. The zero-order chi connectivity index (χ0) is 15.0. The molecular weight excluding hydrogens is 290 g/mol. The average molecular weight is 314 g/mol. The van der Waals surface area contributed by atoms with Crippen molar-refractivity contribution in [2.24, 2.45) is 11.7 Å². The van der Waals surface area contributed by atoms with Crippen LogP contribution in [0.25, 0.3) is 0 Å². The molecule has 6 heteroatoms. The molecule has 5 nitrogen and oxygen atoms in total. The van der Waals surface area contributed by atoms with Crippen molar-refractivity contribution in [1.29, 1.82) is 0 Å². The first-order chi connectivity index (χ1) is 9.56. The van der Waals surface area contributed by atoms with E-state index in [0.29, 0.717) is 19.5 Å². The second kappa shape index (κ2) is 10.2. The van der Waals surface area contributed by atoms with E-state index >= 15 is 0 Å². The molecule has 21 heavy (non-hydrogen) atoms. The van der Waals surface area contributed by atoms with Gasteiger partial charge in [-0.3, -0.25) is 9.59 Å². The molecule has 118 valence electrons. The maximum absolute atomic E-state index is 11.6. The number of rotatable bonds is 7. The van der Waals surface area contributed by atoms with Gasteiger partial charge in [0.2, 0.25) is 11.8 Å². The molecule has 0 aliphatic carbocycles. The Kier molecular flexibility index (Phi) is 9.41. The number of nitrogens with two attached hydrogens (primary N) is 1. The van der Waals surface area contributed by atoms with Gasteiger partial charge in [-0.2, -0.15) is 0 Å². The monoisotopic (exact) mass is 313 g/mol. The van der Waals surface area contributed by atoms with Crippen LogP contribution in [0.1, 0.15) is 32.3 Å². The van der Waals surface area contributed by atoms with Gasteiger partial charge in [-0.05, 0) is 24.1 Å². The number of hydrogen-bond acceptors (Lipinski definition) is 3. The number of amides is 2. The molecule has 1 aromatic rings. The Morgan fingerprint density at radius 3 is 2.38 bits per heavy atom. The number of nitrogens with one attached hydrogen (secondary N) is 2. The highest BCUT2D eigenvalue weighted by molar-refractivity contribution is 5.90. The van der Waals surface area contributed by atoms with Crippen LogP contribution < -0.4 is 16.4 Å². The molecule has 4 N–H and O–H groups in total. The second-order valence-electron chi connectivity index (χ2n) is 4.85. The molecular formula is C15H24ClN3O2. The van der Waals surface area contributed by atoms with E-state index in [9.17, 15) is 9.59 Å². The average Bonchev–Trinajstić information content (AvgIpc) is 2.45. The number of carbonyl (C=O) groups excluding carboxylic acids is 2. The second-order valence-corrected chi connectivity index (χ2v) is 4.85. The van der Waals surface area contributed by atoms with E-state index in [4.69, 9.17) is 5.73 Å². The molecule has 0 heterocycles. The fourth-order valence-corrected chi connectivity index (χ4v) is 1.63. The Bertz CT molecular complexity index is 449. The van der Waals surface area contributed by atoms with Gasteiger partial charge in [0.05, 0.1) is 0 Å². The summed E-state index contributed by atoms with van der Waals surface area (Å²) in [5.41, 5.74) is 7.19. The van der Waals surface area contributed by atoms with Crippen LogP contribution in [-0.2, 0) is 16.1 Å². The minimum atomic E-state index is -0.178. The largest absolute Gasteiger partial charge is 0.352 e. The fourth-order valence-electron chi connectivity index (χ4n) is 1.63. The molecule has 0 aliphatic heterocycles. The minimum Gasteiger partial charge on any atom is -0.352 e. The van der Waals surface area contributed by atoms with Crippen LogP contribution in [0, 0.1) is 5.92 Å². The normalized spacial score (nSPS) is 11.2. The number of hydrogen-bond donors (Lipinski definition) is 3. The summed E-state index contributed by atoms with van der Waals surface area (Å²) in [5, 5.41) is 5.64. The topological polar surface area (TPSA) is 84.2 Å². The maximum atomic E-state index is 11.6. The predicted octanol–water partition coefficient (Wildman–Crippen LogP) is 2.06. The lowest BCUT2D eigenvalue weighted by Gasteiger charge is -2.10. The van der Waals surface area contributed by atoms with Crippen molar-refractivity contribution in [2.75, 3.05) is 11.9 Å². The predicted molar refractivity (Wildman–Crippen MR) is 87.3 cm³/mol. The van der Waals surface area contributed by atoms with Crippen molar-refractivity contribution in [2.45, 2.75) is 33.2 Å². The molecule has 0 saturated heterocycles. The molecule has 0 spiro atoms. The summed E-state index contributed by atoms with van der Waals surface area (Å²) in [4.78, 5) is 23.0. The summed E-state index contributed by atoms with van der Waals surface area (Å²) < 4.78 is 0. The van der Waals surface area contributed by atoms with Crippen molar-refractivity contribution in [3.05, 3.63) is 29.8 Å². The maximum Gasteiger partial charge on any atom is 0.224 e. The Labute approximate surface area is 132 Å². The highest BCUT2D eigenvalue weighted by Crippen LogP contribution is 2.10. The lowest BCUT2D eigenvalue weighted by Crippen LogP contribution is -2.32. The van der Waals surface area contributed by atoms with E-state index in [-0.39, 0.29) is 30.1 Å². The van der Waals surface area contributed by atoms with E-state index in [1.54, 1.807) is 6.92 Å². The van der Waals surface area contributed by atoms with Gasteiger partial charge in [0.1, 0.15) is 0 Å². The standard InChI is InChI=1S/C15H23N3O2.ClH/c1-3-4-14(19)18-13-7-5-12(6-8-13)10-17-15(20)11(2)9-16;/h5-8,11H,3-4,9-10,16H2,1-2H3,(H,17,20)(H,18,19);1H. The van der Waals surface area contributed by atoms with Crippen LogP contribution in [0.3, 0.4) is 0 Å². The van der Waals surface area contributed by atoms with Crippen LogP contribution in [-0.4, -0.2) is 18.4 Å². The Morgan fingerprint density at radius 1 is 1.24 bits per heavy atom. The Morgan fingerprint density at radius 2 is 1.86 bits per heavy atom. The molecule has 0 saturated carbocycles. The third-order valence-corrected chi connectivity index (χ3v) is 2.98. The molecule has 1 rings (SSSR count). The van der Waals surface area contributed by atoms with E-state index < -0.39 is 0 Å². The summed E-state index contributed by atoms with van der Waals surface area (Å²) in [7, 11) is 0. The number of anilines is 1. The zero-order valence-corrected chi connectivity index (χ0v) is 13.3. The van der Waals surface area contributed by atoms with Crippen LogP contribution >= 0.6 is 12.4 Å². The molecule has 0 aliphatic rings.